The highest BCUT2D eigenvalue weighted by molar-refractivity contribution is 5.95. The van der Waals surface area contributed by atoms with Gasteiger partial charge < -0.3 is 14.9 Å². The highest BCUT2D eigenvalue weighted by atomic mass is 16.5. The molecule has 3 rings (SSSR count). The molecule has 0 aliphatic heterocycles. The molecule has 1 aromatic heterocycles. The fourth-order valence-corrected chi connectivity index (χ4v) is 2.21. The highest BCUT2D eigenvalue weighted by Gasteiger charge is 2.30. The molecule has 1 atom stereocenters. The quantitative estimate of drug-likeness (QED) is 0.851. The van der Waals surface area contributed by atoms with E-state index >= 15 is 0 Å². The van der Waals surface area contributed by atoms with Crippen molar-refractivity contribution in [1.82, 2.24) is 15.5 Å². The molecule has 1 aliphatic carbocycles. The van der Waals surface area contributed by atoms with E-state index in [1.54, 1.807) is 25.1 Å². The number of nitrogens with zero attached hydrogens (tertiary/aromatic N) is 2. The zero-order valence-electron chi connectivity index (χ0n) is 14.2. The minimum Gasteiger partial charge on any atom is -0.388 e. The molecule has 24 heavy (non-hydrogen) atoms. The Labute approximate surface area is 141 Å². The Hall–Kier alpha value is -2.21. The van der Waals surface area contributed by atoms with Gasteiger partial charge in [0.2, 0.25) is 11.7 Å². The Balaban J connectivity index is 1.71. The number of hydrogen-bond acceptors (Lipinski definition) is 5. The molecule has 1 heterocycles. The predicted molar refractivity (Wildman–Crippen MR) is 89.5 cm³/mol. The van der Waals surface area contributed by atoms with Crippen LogP contribution >= 0.6 is 0 Å². The molecule has 6 heteroatoms. The lowest BCUT2D eigenvalue weighted by Gasteiger charge is -2.27. The highest BCUT2D eigenvalue weighted by Crippen LogP contribution is 2.39. The summed E-state index contributed by atoms with van der Waals surface area (Å²) < 4.78 is 5.27. The van der Waals surface area contributed by atoms with Gasteiger partial charge in [-0.05, 0) is 37.8 Å². The zero-order chi connectivity index (χ0) is 17.3. The fraction of sp³-hybridized carbons (Fsp3) is 0.500. The third-order valence-corrected chi connectivity index (χ3v) is 4.60. The van der Waals surface area contributed by atoms with E-state index in [4.69, 9.17) is 4.52 Å². The molecule has 1 unspecified atom stereocenters. The van der Waals surface area contributed by atoms with Gasteiger partial charge in [-0.25, -0.2) is 0 Å². The monoisotopic (exact) mass is 329 g/mol. The van der Waals surface area contributed by atoms with Crippen LogP contribution in [0.5, 0.6) is 0 Å². The van der Waals surface area contributed by atoms with Crippen LogP contribution in [0.1, 0.15) is 55.8 Å². The maximum atomic E-state index is 12.3. The average molecular weight is 329 g/mol. The molecule has 0 bridgehead atoms. The lowest BCUT2D eigenvalue weighted by molar-refractivity contribution is 0.0142. The van der Waals surface area contributed by atoms with Crippen LogP contribution in [0.4, 0.5) is 0 Å². The van der Waals surface area contributed by atoms with Crippen molar-refractivity contribution in [2.45, 2.75) is 45.1 Å². The van der Waals surface area contributed by atoms with Gasteiger partial charge in [0, 0.05) is 23.6 Å². The molecule has 0 saturated heterocycles. The maximum Gasteiger partial charge on any atom is 0.251 e. The molecule has 2 aromatic rings. The number of nitrogens with one attached hydrogen (secondary N) is 1. The lowest BCUT2D eigenvalue weighted by atomic mass is 9.92. The van der Waals surface area contributed by atoms with Gasteiger partial charge in [0.1, 0.15) is 0 Å². The van der Waals surface area contributed by atoms with Crippen LogP contribution in [-0.4, -0.2) is 33.3 Å². The van der Waals surface area contributed by atoms with Crippen LogP contribution in [0, 0.1) is 5.92 Å². The van der Waals surface area contributed by atoms with Gasteiger partial charge in [-0.15, -0.1) is 0 Å². The summed E-state index contributed by atoms with van der Waals surface area (Å²) in [5.74, 6) is 1.39. The summed E-state index contributed by atoms with van der Waals surface area (Å²) in [5.41, 5.74) is 0.305. The van der Waals surface area contributed by atoms with E-state index in [-0.39, 0.29) is 18.4 Å². The van der Waals surface area contributed by atoms with Crippen LogP contribution < -0.4 is 5.32 Å². The molecular weight excluding hydrogens is 306 g/mol. The van der Waals surface area contributed by atoms with Gasteiger partial charge in [0.05, 0.1) is 5.60 Å². The molecule has 1 aliphatic rings. The summed E-state index contributed by atoms with van der Waals surface area (Å²) in [6.45, 7) is 5.75. The molecule has 1 amide bonds. The molecule has 0 radical (unpaired) electrons. The Morgan fingerprint density at radius 3 is 2.88 bits per heavy atom. The molecule has 2 N–H and O–H groups in total. The smallest absolute Gasteiger partial charge is 0.251 e. The molecule has 1 fully saturated rings. The summed E-state index contributed by atoms with van der Waals surface area (Å²) in [5, 5.41) is 17.0. The second-order valence-corrected chi connectivity index (χ2v) is 7.01. The first-order valence-electron chi connectivity index (χ1n) is 8.31. The number of aromatic nitrogens is 2. The normalized spacial score (nSPS) is 16.9. The van der Waals surface area contributed by atoms with E-state index in [2.05, 4.69) is 15.5 Å². The third-order valence-electron chi connectivity index (χ3n) is 4.60. The van der Waals surface area contributed by atoms with E-state index in [1.807, 2.05) is 19.9 Å². The number of benzene rings is 1. The van der Waals surface area contributed by atoms with Crippen molar-refractivity contribution in [2.75, 3.05) is 6.54 Å². The van der Waals surface area contributed by atoms with Crippen molar-refractivity contribution in [2.24, 2.45) is 5.92 Å². The second kappa shape index (κ2) is 6.36. The SMILES string of the molecule is CC(C)C(C)(O)CNC(=O)c1cccc(-c2noc(C3CC3)n2)c1. The van der Waals surface area contributed by atoms with Crippen molar-refractivity contribution in [3.05, 3.63) is 35.7 Å². The summed E-state index contributed by atoms with van der Waals surface area (Å²) in [6.07, 6.45) is 2.19. The molecule has 1 saturated carbocycles. The minimum atomic E-state index is -0.944. The van der Waals surface area contributed by atoms with Crippen LogP contribution in [0.3, 0.4) is 0 Å². The summed E-state index contributed by atoms with van der Waals surface area (Å²) >= 11 is 0. The Morgan fingerprint density at radius 2 is 2.21 bits per heavy atom. The van der Waals surface area contributed by atoms with Gasteiger partial charge in [-0.1, -0.05) is 31.1 Å². The Kier molecular flexibility index (Phi) is 4.41. The number of aliphatic hydroxyl groups is 1. The Morgan fingerprint density at radius 1 is 1.46 bits per heavy atom. The molecule has 0 spiro atoms. The van der Waals surface area contributed by atoms with Crippen LogP contribution in [0.2, 0.25) is 0 Å². The van der Waals surface area contributed by atoms with Crippen molar-refractivity contribution < 1.29 is 14.4 Å². The van der Waals surface area contributed by atoms with E-state index < -0.39 is 5.60 Å². The van der Waals surface area contributed by atoms with Gasteiger partial charge >= 0.3 is 0 Å². The van der Waals surface area contributed by atoms with Gasteiger partial charge in [-0.3, -0.25) is 4.79 Å². The Bertz CT molecular complexity index is 733. The standard InChI is InChI=1S/C18H23N3O3/c1-11(2)18(3,23)10-19-16(22)14-6-4-5-13(9-14)15-20-17(24-21-15)12-7-8-12/h4-6,9,11-12,23H,7-8,10H2,1-3H3,(H,19,22). The van der Waals surface area contributed by atoms with Crippen molar-refractivity contribution in [3.8, 4) is 11.4 Å². The topological polar surface area (TPSA) is 88.2 Å². The van der Waals surface area contributed by atoms with Gasteiger partial charge in [0.15, 0.2) is 0 Å². The molecule has 6 nitrogen and oxygen atoms in total. The summed E-state index contributed by atoms with van der Waals surface area (Å²) in [6, 6.07) is 7.10. The van der Waals surface area contributed by atoms with Crippen LogP contribution in [-0.2, 0) is 0 Å². The minimum absolute atomic E-state index is 0.0457. The number of amides is 1. The van der Waals surface area contributed by atoms with Crippen molar-refractivity contribution in [3.63, 3.8) is 0 Å². The predicted octanol–water partition coefficient (Wildman–Crippen LogP) is 2.75. The maximum absolute atomic E-state index is 12.3. The first kappa shape index (κ1) is 16.6. The van der Waals surface area contributed by atoms with E-state index in [0.29, 0.717) is 23.2 Å². The van der Waals surface area contributed by atoms with Crippen LogP contribution in [0.25, 0.3) is 11.4 Å². The van der Waals surface area contributed by atoms with E-state index in [9.17, 15) is 9.90 Å². The first-order chi connectivity index (χ1) is 11.4. The number of hydrogen-bond donors (Lipinski definition) is 2. The van der Waals surface area contributed by atoms with Gasteiger partial charge in [-0.2, -0.15) is 4.98 Å². The van der Waals surface area contributed by atoms with E-state index in [0.717, 1.165) is 18.4 Å². The lowest BCUT2D eigenvalue weighted by Crippen LogP contribution is -2.44. The summed E-state index contributed by atoms with van der Waals surface area (Å²) in [7, 11) is 0. The fourth-order valence-electron chi connectivity index (χ4n) is 2.21. The van der Waals surface area contributed by atoms with Gasteiger partial charge in [0.25, 0.3) is 5.91 Å². The molecule has 128 valence electrons. The molecule has 1 aromatic carbocycles. The van der Waals surface area contributed by atoms with Crippen molar-refractivity contribution in [1.29, 1.82) is 0 Å². The third kappa shape index (κ3) is 3.64. The second-order valence-electron chi connectivity index (χ2n) is 7.01. The largest absolute Gasteiger partial charge is 0.388 e. The summed E-state index contributed by atoms with van der Waals surface area (Å²) in [4.78, 5) is 16.7. The number of carbonyl (C=O) groups excluding carboxylic acids is 1. The van der Waals surface area contributed by atoms with Crippen LogP contribution in [0.15, 0.2) is 28.8 Å². The van der Waals surface area contributed by atoms with Crippen molar-refractivity contribution >= 4 is 5.91 Å². The van der Waals surface area contributed by atoms with E-state index in [1.165, 1.54) is 0 Å². The molecular formula is C18H23N3O3. The number of rotatable bonds is 6. The zero-order valence-corrected chi connectivity index (χ0v) is 14.2. The first-order valence-corrected chi connectivity index (χ1v) is 8.31. The average Bonchev–Trinajstić information content (AvgIpc) is 3.30. The number of carbonyl (C=O) groups is 1.